The van der Waals surface area contributed by atoms with Crippen molar-refractivity contribution in [3.05, 3.63) is 86.6 Å². The number of nitrogens with zero attached hydrogens (tertiary/aromatic N) is 2. The first-order valence-electron chi connectivity index (χ1n) is 11.4. The number of anilines is 1. The maximum Gasteiger partial charge on any atom is 0.293 e. The van der Waals surface area contributed by atoms with Gasteiger partial charge in [0.15, 0.2) is 5.43 Å². The molecule has 0 amide bonds. The van der Waals surface area contributed by atoms with Gasteiger partial charge in [0, 0.05) is 30.2 Å². The number of fused-ring (bicyclic) bond motifs is 2. The molecule has 0 fully saturated rings. The number of pyridine rings is 1. The predicted octanol–water partition coefficient (Wildman–Crippen LogP) is 4.92. The SMILES string of the molecule is CCN(CC)CCNc1ccc([N+](=O)[O-])c2[nH]c3ccc(OCc4ccccc4)cc3c(=O)c12. The summed E-state index contributed by atoms with van der Waals surface area (Å²) in [5.41, 5.74) is 1.92. The second-order valence-corrected chi connectivity index (χ2v) is 8.03. The Morgan fingerprint density at radius 1 is 1.06 bits per heavy atom. The van der Waals surface area contributed by atoms with Crippen LogP contribution in [0.1, 0.15) is 19.4 Å². The third-order valence-corrected chi connectivity index (χ3v) is 5.99. The Bertz CT molecular complexity index is 1360. The monoisotopic (exact) mass is 460 g/mol. The molecule has 0 saturated heterocycles. The summed E-state index contributed by atoms with van der Waals surface area (Å²) in [7, 11) is 0. The first-order chi connectivity index (χ1) is 16.5. The molecule has 0 atom stereocenters. The molecule has 8 heteroatoms. The maximum absolute atomic E-state index is 13.6. The van der Waals surface area contributed by atoms with Crippen molar-refractivity contribution in [3.8, 4) is 5.75 Å². The van der Waals surface area contributed by atoms with E-state index in [0.717, 1.165) is 25.2 Å². The number of benzene rings is 3. The molecule has 1 aromatic heterocycles. The van der Waals surface area contributed by atoms with E-state index in [1.165, 1.54) is 6.07 Å². The van der Waals surface area contributed by atoms with Crippen LogP contribution >= 0.6 is 0 Å². The third-order valence-electron chi connectivity index (χ3n) is 5.99. The highest BCUT2D eigenvalue weighted by Crippen LogP contribution is 2.30. The van der Waals surface area contributed by atoms with Gasteiger partial charge in [-0.2, -0.15) is 0 Å². The molecule has 0 saturated carbocycles. The van der Waals surface area contributed by atoms with Gasteiger partial charge in [-0.25, -0.2) is 0 Å². The smallest absolute Gasteiger partial charge is 0.293 e. The molecule has 176 valence electrons. The summed E-state index contributed by atoms with van der Waals surface area (Å²) in [5, 5.41) is 15.7. The van der Waals surface area contributed by atoms with Crippen LogP contribution in [0.25, 0.3) is 21.8 Å². The van der Waals surface area contributed by atoms with Crippen LogP contribution in [-0.4, -0.2) is 41.0 Å². The molecule has 4 aromatic rings. The van der Waals surface area contributed by atoms with Gasteiger partial charge in [-0.3, -0.25) is 14.9 Å². The lowest BCUT2D eigenvalue weighted by Gasteiger charge is -2.19. The largest absolute Gasteiger partial charge is 0.489 e. The Labute approximate surface area is 197 Å². The van der Waals surface area contributed by atoms with E-state index >= 15 is 0 Å². The fourth-order valence-electron chi connectivity index (χ4n) is 4.06. The molecule has 0 aliphatic heterocycles. The molecule has 0 bridgehead atoms. The molecular formula is C26H28N4O4. The topological polar surface area (TPSA) is 100 Å². The Morgan fingerprint density at radius 2 is 1.82 bits per heavy atom. The molecular weight excluding hydrogens is 432 g/mol. The van der Waals surface area contributed by atoms with Gasteiger partial charge in [-0.05, 0) is 42.9 Å². The minimum atomic E-state index is -0.471. The predicted molar refractivity (Wildman–Crippen MR) is 136 cm³/mol. The van der Waals surface area contributed by atoms with Crippen LogP contribution in [0.5, 0.6) is 5.75 Å². The summed E-state index contributed by atoms with van der Waals surface area (Å²) in [4.78, 5) is 30.1. The normalized spacial score (nSPS) is 11.3. The van der Waals surface area contributed by atoms with Gasteiger partial charge in [-0.1, -0.05) is 44.2 Å². The second kappa shape index (κ2) is 10.4. The van der Waals surface area contributed by atoms with Crippen LogP contribution in [0, 0.1) is 10.1 Å². The highest BCUT2D eigenvalue weighted by molar-refractivity contribution is 6.03. The molecule has 0 aliphatic rings. The number of rotatable bonds is 10. The number of nitrogens with one attached hydrogen (secondary N) is 2. The fraction of sp³-hybridized carbons (Fsp3) is 0.269. The van der Waals surface area contributed by atoms with Crippen LogP contribution in [0.4, 0.5) is 11.4 Å². The minimum absolute atomic E-state index is 0.132. The van der Waals surface area contributed by atoms with Crippen molar-refractivity contribution in [2.24, 2.45) is 0 Å². The van der Waals surface area contributed by atoms with E-state index in [9.17, 15) is 14.9 Å². The van der Waals surface area contributed by atoms with Crippen LogP contribution in [0.3, 0.4) is 0 Å². The maximum atomic E-state index is 13.6. The van der Waals surface area contributed by atoms with Crippen molar-refractivity contribution >= 4 is 33.2 Å². The molecule has 0 spiro atoms. The molecule has 0 radical (unpaired) electrons. The van der Waals surface area contributed by atoms with E-state index in [2.05, 4.69) is 29.0 Å². The summed E-state index contributed by atoms with van der Waals surface area (Å²) in [6.45, 7) is 7.84. The number of aromatic amines is 1. The highest BCUT2D eigenvalue weighted by Gasteiger charge is 2.19. The van der Waals surface area contributed by atoms with E-state index in [1.54, 1.807) is 24.3 Å². The van der Waals surface area contributed by atoms with E-state index in [1.807, 2.05) is 30.3 Å². The van der Waals surface area contributed by atoms with Crippen LogP contribution in [0.2, 0.25) is 0 Å². The number of ether oxygens (including phenoxy) is 1. The molecule has 4 rings (SSSR count). The average Bonchev–Trinajstić information content (AvgIpc) is 2.86. The van der Waals surface area contributed by atoms with Crippen molar-refractivity contribution < 1.29 is 9.66 Å². The van der Waals surface area contributed by atoms with E-state index in [4.69, 9.17) is 4.74 Å². The fourth-order valence-corrected chi connectivity index (χ4v) is 4.06. The van der Waals surface area contributed by atoms with Crippen molar-refractivity contribution in [1.29, 1.82) is 0 Å². The van der Waals surface area contributed by atoms with Gasteiger partial charge < -0.3 is 19.9 Å². The number of aromatic nitrogens is 1. The molecule has 3 aromatic carbocycles. The number of nitro groups is 1. The molecule has 0 aliphatic carbocycles. The van der Waals surface area contributed by atoms with Crippen LogP contribution in [-0.2, 0) is 6.61 Å². The summed E-state index contributed by atoms with van der Waals surface area (Å²) in [6.07, 6.45) is 0. The average molecular weight is 461 g/mol. The van der Waals surface area contributed by atoms with Gasteiger partial charge in [-0.15, -0.1) is 0 Å². The lowest BCUT2D eigenvalue weighted by atomic mass is 10.1. The number of H-pyrrole nitrogens is 1. The summed E-state index contributed by atoms with van der Waals surface area (Å²) in [5.74, 6) is 0.558. The lowest BCUT2D eigenvalue weighted by molar-refractivity contribution is -0.383. The van der Waals surface area contributed by atoms with Crippen molar-refractivity contribution in [2.45, 2.75) is 20.5 Å². The Morgan fingerprint density at radius 3 is 2.53 bits per heavy atom. The zero-order valence-corrected chi connectivity index (χ0v) is 19.3. The number of likely N-dealkylation sites (N-methyl/N-ethyl adjacent to an activating group) is 1. The number of hydrogen-bond donors (Lipinski definition) is 2. The van der Waals surface area contributed by atoms with Crippen molar-refractivity contribution in [1.82, 2.24) is 9.88 Å². The standard InChI is InChI=1S/C26H28N4O4/c1-3-29(4-2)15-14-27-22-12-13-23(30(32)33)25-24(22)26(31)20-16-19(10-11-21(20)28-25)34-17-18-8-6-5-7-9-18/h5-13,16,27H,3-4,14-15,17H2,1-2H3,(H,28,31). The number of non-ortho nitro benzene ring substituents is 1. The first-order valence-corrected chi connectivity index (χ1v) is 11.4. The minimum Gasteiger partial charge on any atom is -0.489 e. The van der Waals surface area contributed by atoms with E-state index in [0.29, 0.717) is 35.5 Å². The number of nitro benzene ring substituents is 1. The molecule has 2 N–H and O–H groups in total. The van der Waals surface area contributed by atoms with Gasteiger partial charge in [0.1, 0.15) is 17.9 Å². The quantitative estimate of drug-likeness (QED) is 0.198. The summed E-state index contributed by atoms with van der Waals surface area (Å²) >= 11 is 0. The Kier molecular flexibility index (Phi) is 7.08. The van der Waals surface area contributed by atoms with E-state index in [-0.39, 0.29) is 22.0 Å². The third kappa shape index (κ3) is 4.87. The van der Waals surface area contributed by atoms with Gasteiger partial charge >= 0.3 is 0 Å². The summed E-state index contributed by atoms with van der Waals surface area (Å²) < 4.78 is 5.89. The van der Waals surface area contributed by atoms with E-state index < -0.39 is 4.92 Å². The van der Waals surface area contributed by atoms with Gasteiger partial charge in [0.05, 0.1) is 15.8 Å². The van der Waals surface area contributed by atoms with Crippen LogP contribution < -0.4 is 15.5 Å². The number of hydrogen-bond acceptors (Lipinski definition) is 6. The Balaban J connectivity index is 1.74. The van der Waals surface area contributed by atoms with Crippen molar-refractivity contribution in [2.75, 3.05) is 31.5 Å². The first kappa shape index (κ1) is 23.3. The second-order valence-electron chi connectivity index (χ2n) is 8.03. The molecule has 0 unspecified atom stereocenters. The van der Waals surface area contributed by atoms with Crippen molar-refractivity contribution in [3.63, 3.8) is 0 Å². The zero-order chi connectivity index (χ0) is 24.1. The van der Waals surface area contributed by atoms with Crippen LogP contribution in [0.15, 0.2) is 65.5 Å². The Hall–Kier alpha value is -3.91. The zero-order valence-electron chi connectivity index (χ0n) is 19.3. The highest BCUT2D eigenvalue weighted by atomic mass is 16.6. The molecule has 1 heterocycles. The van der Waals surface area contributed by atoms with Gasteiger partial charge in [0.2, 0.25) is 0 Å². The summed E-state index contributed by atoms with van der Waals surface area (Å²) in [6, 6.07) is 18.0. The molecule has 8 nitrogen and oxygen atoms in total. The molecule has 34 heavy (non-hydrogen) atoms. The van der Waals surface area contributed by atoms with Gasteiger partial charge in [0.25, 0.3) is 5.69 Å². The lowest BCUT2D eigenvalue weighted by Crippen LogP contribution is -2.28.